The molecule has 1 aromatic rings. The fourth-order valence-corrected chi connectivity index (χ4v) is 1.69. The lowest BCUT2D eigenvalue weighted by Gasteiger charge is -2.05. The minimum atomic E-state index is -1.14. The van der Waals surface area contributed by atoms with Crippen LogP contribution >= 0.6 is 15.9 Å². The SMILES string of the molecule is CCCCc1cc(F)c(Br)c(F)c1[N+](=O)[O-]. The van der Waals surface area contributed by atoms with Gasteiger partial charge in [0, 0.05) is 5.56 Å². The fraction of sp³-hybridized carbons (Fsp3) is 0.400. The topological polar surface area (TPSA) is 43.1 Å². The van der Waals surface area contributed by atoms with Gasteiger partial charge in [-0.15, -0.1) is 0 Å². The molecule has 3 nitrogen and oxygen atoms in total. The van der Waals surface area contributed by atoms with Crippen LogP contribution in [0.15, 0.2) is 10.5 Å². The highest BCUT2D eigenvalue weighted by Crippen LogP contribution is 2.32. The summed E-state index contributed by atoms with van der Waals surface area (Å²) in [4.78, 5) is 9.88. The molecule has 0 atom stereocenters. The molecule has 0 aliphatic carbocycles. The predicted molar refractivity (Wildman–Crippen MR) is 59.3 cm³/mol. The average molecular weight is 294 g/mol. The van der Waals surface area contributed by atoms with Gasteiger partial charge in [-0.05, 0) is 34.8 Å². The number of nitrogens with zero attached hydrogens (tertiary/aromatic N) is 1. The van der Waals surface area contributed by atoms with Crippen LogP contribution in [0, 0.1) is 21.7 Å². The maximum atomic E-state index is 13.5. The molecule has 0 saturated carbocycles. The zero-order valence-electron chi connectivity index (χ0n) is 8.60. The van der Waals surface area contributed by atoms with Crippen molar-refractivity contribution in [3.05, 3.63) is 37.9 Å². The largest absolute Gasteiger partial charge is 0.309 e. The predicted octanol–water partition coefficient (Wildman–Crippen LogP) is 3.98. The number of unbranched alkanes of at least 4 members (excludes halogenated alkanes) is 1. The standard InChI is InChI=1S/C10H10BrF2NO2/c1-2-3-4-6-5-7(12)8(11)9(13)10(6)14(15)16/h5H,2-4H2,1H3. The molecular formula is C10H10BrF2NO2. The van der Waals surface area contributed by atoms with Crippen molar-refractivity contribution in [1.29, 1.82) is 0 Å². The first-order valence-corrected chi connectivity index (χ1v) is 5.59. The average Bonchev–Trinajstić information content (AvgIpc) is 2.22. The van der Waals surface area contributed by atoms with Gasteiger partial charge in [-0.1, -0.05) is 13.3 Å². The van der Waals surface area contributed by atoms with Crippen LogP contribution in [0.1, 0.15) is 25.3 Å². The molecule has 0 bridgehead atoms. The van der Waals surface area contributed by atoms with Gasteiger partial charge in [0.05, 0.1) is 9.40 Å². The summed E-state index contributed by atoms with van der Waals surface area (Å²) in [6.45, 7) is 1.90. The molecule has 16 heavy (non-hydrogen) atoms. The van der Waals surface area contributed by atoms with Crippen LogP contribution in [-0.4, -0.2) is 4.92 Å². The Bertz CT molecular complexity index is 424. The first-order chi connectivity index (χ1) is 7.49. The lowest BCUT2D eigenvalue weighted by atomic mass is 10.1. The zero-order valence-corrected chi connectivity index (χ0v) is 10.2. The number of nitro benzene ring substituents is 1. The van der Waals surface area contributed by atoms with E-state index in [9.17, 15) is 18.9 Å². The van der Waals surface area contributed by atoms with Gasteiger partial charge >= 0.3 is 5.69 Å². The van der Waals surface area contributed by atoms with Crippen molar-refractivity contribution >= 4 is 21.6 Å². The van der Waals surface area contributed by atoms with Crippen molar-refractivity contribution in [2.45, 2.75) is 26.2 Å². The number of hydrogen-bond donors (Lipinski definition) is 0. The summed E-state index contributed by atoms with van der Waals surface area (Å²) in [6, 6.07) is 1.01. The van der Waals surface area contributed by atoms with Crippen LogP contribution in [0.25, 0.3) is 0 Å². The minimum Gasteiger partial charge on any atom is -0.258 e. The molecule has 0 radical (unpaired) electrons. The first-order valence-electron chi connectivity index (χ1n) is 4.79. The van der Waals surface area contributed by atoms with Gasteiger partial charge in [-0.25, -0.2) is 4.39 Å². The van der Waals surface area contributed by atoms with Crippen molar-refractivity contribution in [2.24, 2.45) is 0 Å². The van der Waals surface area contributed by atoms with Crippen LogP contribution in [0.2, 0.25) is 0 Å². The van der Waals surface area contributed by atoms with Crippen LogP contribution in [-0.2, 0) is 6.42 Å². The number of hydrogen-bond acceptors (Lipinski definition) is 2. The van der Waals surface area contributed by atoms with E-state index in [0.717, 1.165) is 12.5 Å². The molecule has 1 aromatic carbocycles. The quantitative estimate of drug-likeness (QED) is 0.479. The molecule has 6 heteroatoms. The minimum absolute atomic E-state index is 0.102. The van der Waals surface area contributed by atoms with Gasteiger partial charge in [0.15, 0.2) is 0 Å². The van der Waals surface area contributed by atoms with Gasteiger partial charge < -0.3 is 0 Å². The van der Waals surface area contributed by atoms with Crippen LogP contribution in [0.3, 0.4) is 0 Å². The van der Waals surface area contributed by atoms with Gasteiger partial charge in [-0.3, -0.25) is 10.1 Å². The number of benzene rings is 1. The molecular weight excluding hydrogens is 284 g/mol. The highest BCUT2D eigenvalue weighted by atomic mass is 79.9. The van der Waals surface area contributed by atoms with Crippen molar-refractivity contribution in [1.82, 2.24) is 0 Å². The third kappa shape index (κ3) is 2.55. The lowest BCUT2D eigenvalue weighted by molar-refractivity contribution is -0.388. The van der Waals surface area contributed by atoms with E-state index >= 15 is 0 Å². The monoisotopic (exact) mass is 293 g/mol. The summed E-state index contributed by atoms with van der Waals surface area (Å²) in [5.41, 5.74) is -0.535. The van der Waals surface area contributed by atoms with Crippen molar-refractivity contribution in [3.8, 4) is 0 Å². The summed E-state index contributed by atoms with van der Waals surface area (Å²) in [5.74, 6) is -1.95. The Hall–Kier alpha value is -1.04. The Morgan fingerprint density at radius 3 is 2.62 bits per heavy atom. The number of halogens is 3. The second-order valence-electron chi connectivity index (χ2n) is 3.35. The van der Waals surface area contributed by atoms with E-state index < -0.39 is 26.7 Å². The molecule has 0 N–H and O–H groups in total. The third-order valence-corrected chi connectivity index (χ3v) is 2.92. The van der Waals surface area contributed by atoms with Crippen molar-refractivity contribution in [2.75, 3.05) is 0 Å². The molecule has 0 aromatic heterocycles. The summed E-state index contributed by atoms with van der Waals surface area (Å²) in [7, 11) is 0. The maximum absolute atomic E-state index is 13.5. The zero-order chi connectivity index (χ0) is 12.3. The maximum Gasteiger partial charge on any atom is 0.309 e. The molecule has 0 spiro atoms. The van der Waals surface area contributed by atoms with Gasteiger partial charge in [0.2, 0.25) is 5.82 Å². The van der Waals surface area contributed by atoms with Gasteiger partial charge in [-0.2, -0.15) is 4.39 Å². The second-order valence-corrected chi connectivity index (χ2v) is 4.15. The molecule has 1 rings (SSSR count). The third-order valence-electron chi connectivity index (χ3n) is 2.20. The van der Waals surface area contributed by atoms with E-state index in [1.165, 1.54) is 0 Å². The molecule has 0 fully saturated rings. The van der Waals surface area contributed by atoms with Gasteiger partial charge in [0.1, 0.15) is 5.82 Å². The van der Waals surface area contributed by atoms with E-state index in [1.54, 1.807) is 0 Å². The normalized spacial score (nSPS) is 10.5. The Kier molecular flexibility index (Phi) is 4.35. The highest BCUT2D eigenvalue weighted by molar-refractivity contribution is 9.10. The lowest BCUT2D eigenvalue weighted by Crippen LogP contribution is -2.02. The Balaban J connectivity index is 3.29. The van der Waals surface area contributed by atoms with E-state index in [1.807, 2.05) is 6.92 Å². The number of aryl methyl sites for hydroxylation is 1. The van der Waals surface area contributed by atoms with Crippen LogP contribution in [0.5, 0.6) is 0 Å². The molecule has 0 amide bonds. The van der Waals surface area contributed by atoms with Crippen LogP contribution in [0.4, 0.5) is 14.5 Å². The highest BCUT2D eigenvalue weighted by Gasteiger charge is 2.25. The van der Waals surface area contributed by atoms with E-state index in [2.05, 4.69) is 15.9 Å². The molecule has 88 valence electrons. The molecule has 0 unspecified atom stereocenters. The van der Waals surface area contributed by atoms with Crippen LogP contribution < -0.4 is 0 Å². The smallest absolute Gasteiger partial charge is 0.258 e. The summed E-state index contributed by atoms with van der Waals surface area (Å²) >= 11 is 2.65. The molecule has 0 aliphatic rings. The molecule has 0 heterocycles. The van der Waals surface area contributed by atoms with E-state index in [-0.39, 0.29) is 5.56 Å². The first kappa shape index (κ1) is 13.0. The summed E-state index contributed by atoms with van der Waals surface area (Å²) in [5, 5.41) is 10.7. The molecule has 0 saturated heterocycles. The Morgan fingerprint density at radius 1 is 1.50 bits per heavy atom. The molecule has 0 aliphatic heterocycles. The van der Waals surface area contributed by atoms with E-state index in [0.29, 0.717) is 12.8 Å². The van der Waals surface area contributed by atoms with Crippen molar-refractivity contribution in [3.63, 3.8) is 0 Å². The van der Waals surface area contributed by atoms with Crippen molar-refractivity contribution < 1.29 is 13.7 Å². The van der Waals surface area contributed by atoms with Gasteiger partial charge in [0.25, 0.3) is 0 Å². The van der Waals surface area contributed by atoms with E-state index in [4.69, 9.17) is 0 Å². The fourth-order valence-electron chi connectivity index (χ4n) is 1.39. The second kappa shape index (κ2) is 5.34. The number of rotatable bonds is 4. The Morgan fingerprint density at radius 2 is 2.12 bits per heavy atom. The summed E-state index contributed by atoms with van der Waals surface area (Å²) in [6.07, 6.45) is 1.76. The summed E-state index contributed by atoms with van der Waals surface area (Å²) < 4.78 is 26.2. The Labute approximate surface area is 99.7 Å². The number of nitro groups is 1.